The van der Waals surface area contributed by atoms with Gasteiger partial charge in [-0.2, -0.15) is 0 Å². The van der Waals surface area contributed by atoms with E-state index in [0.29, 0.717) is 18.3 Å². The van der Waals surface area contributed by atoms with Crippen molar-refractivity contribution >= 4 is 9.84 Å². The van der Waals surface area contributed by atoms with Gasteiger partial charge in [-0.05, 0) is 36.6 Å². The van der Waals surface area contributed by atoms with Gasteiger partial charge in [0.05, 0.1) is 23.9 Å². The predicted octanol–water partition coefficient (Wildman–Crippen LogP) is 1.88. The Morgan fingerprint density at radius 1 is 1.22 bits per heavy atom. The highest BCUT2D eigenvalue weighted by molar-refractivity contribution is 7.91. The SMILES string of the molecule is CC(C)CCOc1ccc(S(=O)(=O)CCO)cc1. The van der Waals surface area contributed by atoms with Crippen LogP contribution in [-0.2, 0) is 9.84 Å². The maximum atomic E-state index is 11.6. The Morgan fingerprint density at radius 2 is 1.83 bits per heavy atom. The summed E-state index contributed by atoms with van der Waals surface area (Å²) in [5, 5.41) is 8.68. The zero-order valence-electron chi connectivity index (χ0n) is 10.8. The second kappa shape index (κ2) is 6.75. The Labute approximate surface area is 109 Å². The molecule has 1 aromatic rings. The first kappa shape index (κ1) is 15.0. The maximum absolute atomic E-state index is 11.6. The molecular weight excluding hydrogens is 252 g/mol. The van der Waals surface area contributed by atoms with Crippen molar-refractivity contribution < 1.29 is 18.3 Å². The van der Waals surface area contributed by atoms with Crippen LogP contribution in [0.15, 0.2) is 29.2 Å². The Hall–Kier alpha value is -1.07. The standard InChI is InChI=1S/C13H20O4S/c1-11(2)7-9-17-12-3-5-13(6-4-12)18(15,16)10-8-14/h3-6,11,14H,7-10H2,1-2H3. The lowest BCUT2D eigenvalue weighted by Gasteiger charge is -2.08. The van der Waals surface area contributed by atoms with Crippen LogP contribution in [0.4, 0.5) is 0 Å². The summed E-state index contributed by atoms with van der Waals surface area (Å²) in [6, 6.07) is 6.31. The van der Waals surface area contributed by atoms with Crippen molar-refractivity contribution in [1.29, 1.82) is 0 Å². The molecule has 1 N–H and O–H groups in total. The first-order valence-corrected chi connectivity index (χ1v) is 7.67. The van der Waals surface area contributed by atoms with Crippen molar-refractivity contribution in [2.24, 2.45) is 5.92 Å². The molecule has 0 radical (unpaired) electrons. The smallest absolute Gasteiger partial charge is 0.180 e. The Morgan fingerprint density at radius 3 is 2.33 bits per heavy atom. The van der Waals surface area contributed by atoms with E-state index in [9.17, 15) is 8.42 Å². The Balaban J connectivity index is 2.63. The van der Waals surface area contributed by atoms with Gasteiger partial charge in [-0.3, -0.25) is 0 Å². The van der Waals surface area contributed by atoms with Gasteiger partial charge in [0.1, 0.15) is 5.75 Å². The van der Waals surface area contributed by atoms with Crippen LogP contribution in [0.1, 0.15) is 20.3 Å². The molecule has 102 valence electrons. The monoisotopic (exact) mass is 272 g/mol. The van der Waals surface area contributed by atoms with Crippen LogP contribution in [0.25, 0.3) is 0 Å². The van der Waals surface area contributed by atoms with Gasteiger partial charge in [0, 0.05) is 0 Å². The van der Waals surface area contributed by atoms with Gasteiger partial charge in [0.2, 0.25) is 0 Å². The molecule has 0 spiro atoms. The van der Waals surface area contributed by atoms with E-state index >= 15 is 0 Å². The van der Waals surface area contributed by atoms with E-state index < -0.39 is 9.84 Å². The molecule has 0 aliphatic heterocycles. The lowest BCUT2D eigenvalue weighted by atomic mass is 10.1. The fourth-order valence-corrected chi connectivity index (χ4v) is 2.42. The van der Waals surface area contributed by atoms with Crippen molar-refractivity contribution in [3.05, 3.63) is 24.3 Å². The van der Waals surface area contributed by atoms with Crippen molar-refractivity contribution in [3.8, 4) is 5.75 Å². The van der Waals surface area contributed by atoms with Crippen LogP contribution in [0, 0.1) is 5.92 Å². The van der Waals surface area contributed by atoms with Gasteiger partial charge < -0.3 is 9.84 Å². The van der Waals surface area contributed by atoms with E-state index in [1.807, 2.05) is 0 Å². The number of hydrogen-bond donors (Lipinski definition) is 1. The summed E-state index contributed by atoms with van der Waals surface area (Å²) in [5.74, 6) is 0.994. The molecule has 18 heavy (non-hydrogen) atoms. The summed E-state index contributed by atoms with van der Waals surface area (Å²) >= 11 is 0. The first-order chi connectivity index (χ1) is 8.45. The third-order valence-corrected chi connectivity index (χ3v) is 4.22. The van der Waals surface area contributed by atoms with Crippen molar-refractivity contribution in [2.45, 2.75) is 25.2 Å². The number of hydrogen-bond acceptors (Lipinski definition) is 4. The van der Waals surface area contributed by atoms with Gasteiger partial charge in [-0.15, -0.1) is 0 Å². The molecule has 0 heterocycles. The largest absolute Gasteiger partial charge is 0.494 e. The summed E-state index contributed by atoms with van der Waals surface area (Å²) < 4.78 is 28.8. The second-order valence-corrected chi connectivity index (χ2v) is 6.65. The Bertz CT molecular complexity index is 448. The van der Waals surface area contributed by atoms with E-state index in [1.165, 1.54) is 12.1 Å². The molecular formula is C13H20O4S. The zero-order chi connectivity index (χ0) is 13.6. The maximum Gasteiger partial charge on any atom is 0.180 e. The summed E-state index contributed by atoms with van der Waals surface area (Å²) in [6.07, 6.45) is 0.963. The van der Waals surface area contributed by atoms with Crippen LogP contribution in [0.2, 0.25) is 0 Å². The van der Waals surface area contributed by atoms with Crippen LogP contribution in [-0.4, -0.2) is 32.5 Å². The molecule has 0 fully saturated rings. The topological polar surface area (TPSA) is 63.6 Å². The van der Waals surface area contributed by atoms with E-state index in [0.717, 1.165) is 6.42 Å². The van der Waals surface area contributed by atoms with E-state index in [4.69, 9.17) is 9.84 Å². The number of ether oxygens (including phenoxy) is 1. The molecule has 1 rings (SSSR count). The summed E-state index contributed by atoms with van der Waals surface area (Å²) in [5.41, 5.74) is 0. The molecule has 0 aliphatic carbocycles. The van der Waals surface area contributed by atoms with Crippen molar-refractivity contribution in [1.82, 2.24) is 0 Å². The van der Waals surface area contributed by atoms with Crippen molar-refractivity contribution in [3.63, 3.8) is 0 Å². The fraction of sp³-hybridized carbons (Fsp3) is 0.538. The number of aliphatic hydroxyl groups is 1. The van der Waals surface area contributed by atoms with Gasteiger partial charge >= 0.3 is 0 Å². The summed E-state index contributed by atoms with van der Waals surface area (Å²) in [7, 11) is -3.37. The Kier molecular flexibility index (Phi) is 5.62. The lowest BCUT2D eigenvalue weighted by Crippen LogP contribution is -2.10. The highest BCUT2D eigenvalue weighted by Gasteiger charge is 2.13. The van der Waals surface area contributed by atoms with Crippen LogP contribution in [0.3, 0.4) is 0 Å². The molecule has 0 saturated carbocycles. The molecule has 0 saturated heterocycles. The van der Waals surface area contributed by atoms with Crippen LogP contribution >= 0.6 is 0 Å². The number of rotatable bonds is 7. The minimum atomic E-state index is -3.37. The minimum Gasteiger partial charge on any atom is -0.494 e. The van der Waals surface area contributed by atoms with Gasteiger partial charge in [-0.25, -0.2) is 8.42 Å². The first-order valence-electron chi connectivity index (χ1n) is 6.02. The highest BCUT2D eigenvalue weighted by Crippen LogP contribution is 2.17. The zero-order valence-corrected chi connectivity index (χ0v) is 11.6. The van der Waals surface area contributed by atoms with E-state index in [-0.39, 0.29) is 17.3 Å². The molecule has 0 aliphatic rings. The normalized spacial score (nSPS) is 11.8. The molecule has 0 unspecified atom stereocenters. The second-order valence-electron chi connectivity index (χ2n) is 4.54. The number of aliphatic hydroxyl groups excluding tert-OH is 1. The number of sulfone groups is 1. The summed E-state index contributed by atoms with van der Waals surface area (Å²) in [4.78, 5) is 0.216. The lowest BCUT2D eigenvalue weighted by molar-refractivity contribution is 0.289. The average molecular weight is 272 g/mol. The van der Waals surface area contributed by atoms with Crippen LogP contribution < -0.4 is 4.74 Å². The highest BCUT2D eigenvalue weighted by atomic mass is 32.2. The van der Waals surface area contributed by atoms with Gasteiger partial charge in [0.15, 0.2) is 9.84 Å². The minimum absolute atomic E-state index is 0.216. The predicted molar refractivity (Wildman–Crippen MR) is 70.5 cm³/mol. The third kappa shape index (κ3) is 4.66. The quantitative estimate of drug-likeness (QED) is 0.823. The van der Waals surface area contributed by atoms with Crippen LogP contribution in [0.5, 0.6) is 5.75 Å². The molecule has 0 amide bonds. The molecule has 0 bridgehead atoms. The summed E-state index contributed by atoms with van der Waals surface area (Å²) in [6.45, 7) is 4.50. The van der Waals surface area contributed by atoms with Crippen molar-refractivity contribution in [2.75, 3.05) is 19.0 Å². The van der Waals surface area contributed by atoms with Gasteiger partial charge in [0.25, 0.3) is 0 Å². The molecule has 5 heteroatoms. The molecule has 1 aromatic carbocycles. The van der Waals surface area contributed by atoms with Gasteiger partial charge in [-0.1, -0.05) is 13.8 Å². The number of benzene rings is 1. The third-order valence-electron chi connectivity index (χ3n) is 2.51. The molecule has 0 aromatic heterocycles. The molecule has 0 atom stereocenters. The van der Waals surface area contributed by atoms with E-state index in [1.54, 1.807) is 12.1 Å². The average Bonchev–Trinajstić information content (AvgIpc) is 2.29. The van der Waals surface area contributed by atoms with E-state index in [2.05, 4.69) is 13.8 Å². The fourth-order valence-electron chi connectivity index (χ4n) is 1.39. The molecule has 4 nitrogen and oxygen atoms in total.